The molecule has 104 valence electrons. The van der Waals surface area contributed by atoms with E-state index in [4.69, 9.17) is 5.73 Å². The Bertz CT molecular complexity index is 566. The van der Waals surface area contributed by atoms with Gasteiger partial charge in [-0.15, -0.1) is 0 Å². The fraction of sp³-hybridized carbons (Fsp3) is 0.529. The van der Waals surface area contributed by atoms with Gasteiger partial charge in [-0.3, -0.25) is 0 Å². The molecule has 19 heavy (non-hydrogen) atoms. The summed E-state index contributed by atoms with van der Waals surface area (Å²) in [5, 5.41) is 1.36. The van der Waals surface area contributed by atoms with Crippen molar-refractivity contribution < 1.29 is 0 Å². The lowest BCUT2D eigenvalue weighted by molar-refractivity contribution is 0.448. The highest BCUT2D eigenvalue weighted by molar-refractivity contribution is 5.86. The summed E-state index contributed by atoms with van der Waals surface area (Å²) in [7, 11) is 0. The van der Waals surface area contributed by atoms with Crippen LogP contribution in [0.15, 0.2) is 18.2 Å². The van der Waals surface area contributed by atoms with Gasteiger partial charge in [0.25, 0.3) is 0 Å². The lowest BCUT2D eigenvalue weighted by atomic mass is 10.1. The Balaban J connectivity index is 2.46. The fourth-order valence-corrected chi connectivity index (χ4v) is 2.95. The van der Waals surface area contributed by atoms with E-state index < -0.39 is 0 Å². The van der Waals surface area contributed by atoms with Gasteiger partial charge in [-0.25, -0.2) is 0 Å². The molecule has 0 bridgehead atoms. The van der Waals surface area contributed by atoms with Gasteiger partial charge < -0.3 is 10.3 Å². The van der Waals surface area contributed by atoms with Crippen LogP contribution in [-0.2, 0) is 13.1 Å². The van der Waals surface area contributed by atoms with E-state index in [2.05, 4.69) is 50.5 Å². The standard InChI is InChI=1S/C17H26N2/c1-5-6-12(2)11-19-14(4)13(3)16-9-15(10-18)7-8-17(16)19/h7-9,12H,5-6,10-11,18H2,1-4H3. The van der Waals surface area contributed by atoms with E-state index in [9.17, 15) is 0 Å². The number of rotatable bonds is 5. The summed E-state index contributed by atoms with van der Waals surface area (Å²) < 4.78 is 2.48. The summed E-state index contributed by atoms with van der Waals surface area (Å²) in [6, 6.07) is 6.64. The van der Waals surface area contributed by atoms with Crippen molar-refractivity contribution in [1.29, 1.82) is 0 Å². The lowest BCUT2D eigenvalue weighted by Gasteiger charge is -2.14. The van der Waals surface area contributed by atoms with Crippen molar-refractivity contribution in [3.8, 4) is 0 Å². The molecule has 0 radical (unpaired) electrons. The van der Waals surface area contributed by atoms with Crippen LogP contribution in [0, 0.1) is 19.8 Å². The summed E-state index contributed by atoms with van der Waals surface area (Å²) in [5.74, 6) is 0.730. The SMILES string of the molecule is CCCC(C)Cn1c(C)c(C)c2cc(CN)ccc21. The quantitative estimate of drug-likeness (QED) is 0.858. The van der Waals surface area contributed by atoms with Crippen molar-refractivity contribution in [3.05, 3.63) is 35.0 Å². The molecule has 0 fully saturated rings. The first kappa shape index (κ1) is 14.1. The third kappa shape index (κ3) is 2.69. The van der Waals surface area contributed by atoms with E-state index in [1.54, 1.807) is 0 Å². The molecule has 2 rings (SSSR count). The Morgan fingerprint density at radius 1 is 1.26 bits per heavy atom. The first-order valence-electron chi connectivity index (χ1n) is 7.36. The van der Waals surface area contributed by atoms with Gasteiger partial charge in [0, 0.05) is 29.7 Å². The zero-order chi connectivity index (χ0) is 14.0. The highest BCUT2D eigenvalue weighted by Gasteiger charge is 2.13. The molecule has 0 saturated heterocycles. The predicted octanol–water partition coefficient (Wildman–Crippen LogP) is 4.15. The van der Waals surface area contributed by atoms with Crippen LogP contribution in [0.1, 0.15) is 43.5 Å². The van der Waals surface area contributed by atoms with Gasteiger partial charge in [-0.1, -0.05) is 26.3 Å². The van der Waals surface area contributed by atoms with E-state index in [0.717, 1.165) is 12.5 Å². The van der Waals surface area contributed by atoms with Crippen LogP contribution in [-0.4, -0.2) is 4.57 Å². The van der Waals surface area contributed by atoms with E-state index >= 15 is 0 Å². The highest BCUT2D eigenvalue weighted by atomic mass is 15.0. The maximum atomic E-state index is 5.75. The van der Waals surface area contributed by atoms with Crippen molar-refractivity contribution in [2.45, 2.75) is 53.6 Å². The molecule has 0 aliphatic heterocycles. The molecule has 1 heterocycles. The Morgan fingerprint density at radius 2 is 2.00 bits per heavy atom. The Kier molecular flexibility index (Phi) is 4.31. The zero-order valence-corrected chi connectivity index (χ0v) is 12.7. The van der Waals surface area contributed by atoms with Crippen LogP contribution in [0.4, 0.5) is 0 Å². The van der Waals surface area contributed by atoms with Gasteiger partial charge in [0.1, 0.15) is 0 Å². The Morgan fingerprint density at radius 3 is 2.63 bits per heavy atom. The number of fused-ring (bicyclic) bond motifs is 1. The molecule has 0 saturated carbocycles. The number of hydrogen-bond acceptors (Lipinski definition) is 1. The van der Waals surface area contributed by atoms with E-state index in [-0.39, 0.29) is 0 Å². The second-order valence-electron chi connectivity index (χ2n) is 5.77. The molecule has 2 aromatic rings. The molecule has 1 unspecified atom stereocenters. The minimum absolute atomic E-state index is 0.617. The molecule has 1 aromatic carbocycles. The average Bonchev–Trinajstić information content (AvgIpc) is 2.64. The van der Waals surface area contributed by atoms with Gasteiger partial charge in [0.15, 0.2) is 0 Å². The van der Waals surface area contributed by atoms with E-state index in [1.165, 1.54) is 40.6 Å². The molecule has 1 atom stereocenters. The van der Waals surface area contributed by atoms with Gasteiger partial charge in [-0.2, -0.15) is 0 Å². The molecule has 1 aromatic heterocycles. The summed E-state index contributed by atoms with van der Waals surface area (Å²) in [4.78, 5) is 0. The second-order valence-corrected chi connectivity index (χ2v) is 5.77. The molecular weight excluding hydrogens is 232 g/mol. The maximum Gasteiger partial charge on any atom is 0.0485 e. The van der Waals surface area contributed by atoms with Crippen LogP contribution >= 0.6 is 0 Å². The molecule has 2 N–H and O–H groups in total. The third-order valence-corrected chi connectivity index (χ3v) is 4.21. The third-order valence-electron chi connectivity index (χ3n) is 4.21. The van der Waals surface area contributed by atoms with Crippen LogP contribution in [0.5, 0.6) is 0 Å². The number of aryl methyl sites for hydroxylation is 1. The molecule has 2 heteroatoms. The number of nitrogens with two attached hydrogens (primary N) is 1. The molecule has 0 amide bonds. The Labute approximate surface area is 116 Å². The van der Waals surface area contributed by atoms with Crippen LogP contribution in [0.25, 0.3) is 10.9 Å². The van der Waals surface area contributed by atoms with E-state index in [0.29, 0.717) is 6.54 Å². The predicted molar refractivity (Wildman–Crippen MR) is 83.4 cm³/mol. The smallest absolute Gasteiger partial charge is 0.0485 e. The van der Waals surface area contributed by atoms with Crippen LogP contribution < -0.4 is 5.73 Å². The van der Waals surface area contributed by atoms with Crippen molar-refractivity contribution in [3.63, 3.8) is 0 Å². The maximum absolute atomic E-state index is 5.75. The lowest BCUT2D eigenvalue weighted by Crippen LogP contribution is -2.08. The van der Waals surface area contributed by atoms with Gasteiger partial charge in [0.05, 0.1) is 0 Å². The number of aromatic nitrogens is 1. The fourth-order valence-electron chi connectivity index (χ4n) is 2.95. The summed E-state index contributed by atoms with van der Waals surface area (Å²) in [6.07, 6.45) is 2.55. The first-order valence-corrected chi connectivity index (χ1v) is 7.36. The van der Waals surface area contributed by atoms with Crippen molar-refractivity contribution >= 4 is 10.9 Å². The van der Waals surface area contributed by atoms with Crippen LogP contribution in [0.2, 0.25) is 0 Å². The molecule has 0 spiro atoms. The van der Waals surface area contributed by atoms with Gasteiger partial charge >= 0.3 is 0 Å². The minimum Gasteiger partial charge on any atom is -0.344 e. The van der Waals surface area contributed by atoms with Crippen molar-refractivity contribution in [2.24, 2.45) is 11.7 Å². The highest BCUT2D eigenvalue weighted by Crippen LogP contribution is 2.27. The average molecular weight is 258 g/mol. The largest absolute Gasteiger partial charge is 0.344 e. The first-order chi connectivity index (χ1) is 9.08. The molecule has 2 nitrogen and oxygen atoms in total. The number of nitrogens with zero attached hydrogens (tertiary/aromatic N) is 1. The number of hydrogen-bond donors (Lipinski definition) is 1. The summed E-state index contributed by atoms with van der Waals surface area (Å²) >= 11 is 0. The number of benzene rings is 1. The van der Waals surface area contributed by atoms with E-state index in [1.807, 2.05) is 0 Å². The summed E-state index contributed by atoms with van der Waals surface area (Å²) in [6.45, 7) is 10.8. The molecular formula is C17H26N2. The topological polar surface area (TPSA) is 30.9 Å². The summed E-state index contributed by atoms with van der Waals surface area (Å²) in [5.41, 5.74) is 11.1. The normalized spacial score (nSPS) is 13.1. The van der Waals surface area contributed by atoms with Crippen molar-refractivity contribution in [1.82, 2.24) is 4.57 Å². The van der Waals surface area contributed by atoms with Crippen molar-refractivity contribution in [2.75, 3.05) is 0 Å². The Hall–Kier alpha value is -1.28. The van der Waals surface area contributed by atoms with Gasteiger partial charge in [-0.05, 0) is 49.4 Å². The molecule has 0 aliphatic carbocycles. The minimum atomic E-state index is 0.617. The second kappa shape index (κ2) is 5.79. The van der Waals surface area contributed by atoms with Gasteiger partial charge in [0.2, 0.25) is 0 Å². The van der Waals surface area contributed by atoms with Crippen LogP contribution in [0.3, 0.4) is 0 Å². The zero-order valence-electron chi connectivity index (χ0n) is 12.7. The molecule has 0 aliphatic rings. The monoisotopic (exact) mass is 258 g/mol.